The quantitative estimate of drug-likeness (QED) is 0.0731. The maximum absolute atomic E-state index is 12.2. The molecule has 3 aliphatic rings. The molecule has 19 nitrogen and oxygen atoms in total. The lowest BCUT2D eigenvalue weighted by atomic mass is 9.90. The molecule has 6 aromatic rings. The van der Waals surface area contributed by atoms with Gasteiger partial charge in [0.05, 0.1) is 36.9 Å². The van der Waals surface area contributed by atoms with Crippen molar-refractivity contribution in [3.05, 3.63) is 89.7 Å². The second-order valence-electron chi connectivity index (χ2n) is 17.1. The van der Waals surface area contributed by atoms with E-state index in [0.717, 1.165) is 11.1 Å². The zero-order valence-corrected chi connectivity index (χ0v) is 36.1. The number of aliphatic hydroxyl groups excluding tert-OH is 4. The number of rotatable bonds is 14. The summed E-state index contributed by atoms with van der Waals surface area (Å²) in [7, 11) is 0. The number of benzene rings is 2. The summed E-state index contributed by atoms with van der Waals surface area (Å²) in [4.78, 5) is 54.8. The van der Waals surface area contributed by atoms with Crippen molar-refractivity contribution in [3.8, 4) is 0 Å². The van der Waals surface area contributed by atoms with Gasteiger partial charge in [0.1, 0.15) is 18.3 Å². The Morgan fingerprint density at radius 3 is 2.06 bits per heavy atom. The second kappa shape index (κ2) is 17.9. The number of halogens is 1. The van der Waals surface area contributed by atoms with Crippen molar-refractivity contribution in [3.63, 3.8) is 0 Å². The van der Waals surface area contributed by atoms with Crippen molar-refractivity contribution in [2.45, 2.75) is 94.0 Å². The number of imidazole rings is 2. The van der Waals surface area contributed by atoms with Crippen LogP contribution in [0.2, 0.25) is 5.28 Å². The summed E-state index contributed by atoms with van der Waals surface area (Å²) in [5.41, 5.74) is 9.61. The predicted octanol–water partition coefficient (Wildman–Crippen LogP) is 2.52. The number of aromatic nitrogens is 8. The van der Waals surface area contributed by atoms with Crippen molar-refractivity contribution in [1.29, 1.82) is 0 Å². The first-order valence-corrected chi connectivity index (χ1v) is 22.1. The van der Waals surface area contributed by atoms with Crippen LogP contribution in [0.1, 0.15) is 68.7 Å². The van der Waals surface area contributed by atoms with Gasteiger partial charge in [-0.2, -0.15) is 19.9 Å². The molecule has 20 heteroatoms. The number of primary amides is 1. The maximum Gasteiger partial charge on any atom is 0.229 e. The summed E-state index contributed by atoms with van der Waals surface area (Å²) < 4.78 is 3.43. The second-order valence-corrected chi connectivity index (χ2v) is 17.5. The highest BCUT2D eigenvalue weighted by Gasteiger charge is 2.47. The van der Waals surface area contributed by atoms with Gasteiger partial charge in [-0.3, -0.25) is 9.59 Å². The number of hydrogen-bond donors (Lipinski definition) is 8. The van der Waals surface area contributed by atoms with Gasteiger partial charge < -0.3 is 56.1 Å². The Labute approximate surface area is 373 Å². The molecule has 2 aliphatic carbocycles. The zero-order valence-electron chi connectivity index (χ0n) is 35.3. The fraction of sp³-hybridized carbons (Fsp3) is 0.455. The number of fused-ring (bicyclic) bond motifs is 2. The minimum absolute atomic E-state index is 0.0356. The van der Waals surface area contributed by atoms with Gasteiger partial charge in [0, 0.05) is 49.9 Å². The van der Waals surface area contributed by atoms with Crippen LogP contribution in [-0.2, 0) is 9.59 Å². The maximum atomic E-state index is 12.2. The van der Waals surface area contributed by atoms with E-state index in [2.05, 4.69) is 55.2 Å². The summed E-state index contributed by atoms with van der Waals surface area (Å²) in [6.45, 7) is 4.87. The number of amides is 2. The monoisotopic (exact) mass is 893 g/mol. The Morgan fingerprint density at radius 1 is 0.812 bits per heavy atom. The SMILES string of the molecule is CCC(=O)N[C@H]1C[C@@H](n2cnc3c(NC4CCN(c5nc(NCC(c6ccccc6)c6ccccc6)c6ncn([C@@H]7C[C@@H](C(C)C(N)=O)[C@@H](O)[C@H]7O)c6n5)C4)nc(Cl)nc32)[C@H](O)[C@@H]1O. The van der Waals surface area contributed by atoms with Crippen LogP contribution in [-0.4, -0.2) is 127 Å². The van der Waals surface area contributed by atoms with Crippen LogP contribution >= 0.6 is 11.6 Å². The van der Waals surface area contributed by atoms with E-state index in [1.807, 2.05) is 41.3 Å². The third-order valence-electron chi connectivity index (χ3n) is 13.3. The molecular weight excluding hydrogens is 842 g/mol. The van der Waals surface area contributed by atoms with E-state index in [9.17, 15) is 30.0 Å². The molecule has 0 bridgehead atoms. The number of carbonyl (C=O) groups excluding carboxylic acids is 2. The van der Waals surface area contributed by atoms with Gasteiger partial charge in [-0.25, -0.2) is 9.97 Å². The van der Waals surface area contributed by atoms with E-state index in [1.165, 1.54) is 6.33 Å². The highest BCUT2D eigenvalue weighted by atomic mass is 35.5. The first-order valence-electron chi connectivity index (χ1n) is 21.7. The Morgan fingerprint density at radius 2 is 1.42 bits per heavy atom. The third-order valence-corrected chi connectivity index (χ3v) is 13.5. The minimum Gasteiger partial charge on any atom is -0.390 e. The molecule has 4 aromatic heterocycles. The Kier molecular flexibility index (Phi) is 12.1. The summed E-state index contributed by atoms with van der Waals surface area (Å²) in [5.74, 6) is -0.740. The van der Waals surface area contributed by atoms with Crippen molar-refractivity contribution in [2.24, 2.45) is 17.6 Å². The third kappa shape index (κ3) is 8.17. The largest absolute Gasteiger partial charge is 0.390 e. The molecular formula is C44H52ClN13O6. The summed E-state index contributed by atoms with van der Waals surface area (Å²) in [5, 5.41) is 54.2. The molecule has 0 radical (unpaired) electrons. The minimum atomic E-state index is -1.20. The normalized spacial score (nSPS) is 26.2. The molecule has 2 aromatic carbocycles. The van der Waals surface area contributed by atoms with E-state index in [0.29, 0.717) is 66.0 Å². The van der Waals surface area contributed by atoms with Crippen molar-refractivity contribution in [1.82, 2.24) is 44.4 Å². The Hall–Kier alpha value is -5.99. The molecule has 2 unspecified atom stereocenters. The number of carbonyl (C=O) groups is 2. The highest BCUT2D eigenvalue weighted by molar-refractivity contribution is 6.28. The Bertz CT molecular complexity index is 2600. The number of nitrogens with one attached hydrogen (secondary N) is 3. The fourth-order valence-electron chi connectivity index (χ4n) is 9.66. The lowest BCUT2D eigenvalue weighted by Gasteiger charge is -2.22. The predicted molar refractivity (Wildman–Crippen MR) is 239 cm³/mol. The topological polar surface area (TPSA) is 268 Å². The first-order chi connectivity index (χ1) is 30.9. The number of nitrogens with zero attached hydrogens (tertiary/aromatic N) is 9. The summed E-state index contributed by atoms with van der Waals surface area (Å²) in [6.07, 6.45) is -0.181. The van der Waals surface area contributed by atoms with Crippen LogP contribution in [0.25, 0.3) is 22.3 Å². The molecule has 2 saturated carbocycles. The van der Waals surface area contributed by atoms with Gasteiger partial charge in [0.25, 0.3) is 0 Å². The number of nitrogens with two attached hydrogens (primary N) is 1. The average molecular weight is 894 g/mol. The average Bonchev–Trinajstić information content (AvgIpc) is 4.14. The van der Waals surface area contributed by atoms with Crippen LogP contribution in [0, 0.1) is 11.8 Å². The lowest BCUT2D eigenvalue weighted by molar-refractivity contribution is -0.124. The highest BCUT2D eigenvalue weighted by Crippen LogP contribution is 2.42. The van der Waals surface area contributed by atoms with Gasteiger partial charge in [-0.1, -0.05) is 74.5 Å². The van der Waals surface area contributed by atoms with E-state index in [4.69, 9.17) is 32.3 Å². The lowest BCUT2D eigenvalue weighted by Crippen LogP contribution is -2.42. The molecule has 2 amide bonds. The molecule has 3 fully saturated rings. The van der Waals surface area contributed by atoms with E-state index >= 15 is 0 Å². The molecule has 10 atom stereocenters. The molecule has 1 aliphatic heterocycles. The fourth-order valence-corrected chi connectivity index (χ4v) is 9.82. The first kappa shape index (κ1) is 43.3. The number of anilines is 3. The van der Waals surface area contributed by atoms with Crippen LogP contribution in [0.5, 0.6) is 0 Å². The van der Waals surface area contributed by atoms with Crippen molar-refractivity contribution < 1.29 is 30.0 Å². The molecule has 9 rings (SSSR count). The molecule has 0 spiro atoms. The van der Waals surface area contributed by atoms with E-state index in [1.54, 1.807) is 29.3 Å². The summed E-state index contributed by atoms with van der Waals surface area (Å²) >= 11 is 6.50. The number of aliphatic hydroxyl groups is 4. The zero-order chi connectivity index (χ0) is 44.8. The summed E-state index contributed by atoms with van der Waals surface area (Å²) in [6, 6.07) is 18.3. The van der Waals surface area contributed by atoms with E-state index < -0.39 is 60.3 Å². The molecule has 5 heterocycles. The van der Waals surface area contributed by atoms with Crippen LogP contribution in [0.3, 0.4) is 0 Å². The standard InChI is InChI=1S/C44H52ClN13O6/c1-3-31(59)51-28-17-30(37(63)35(28)61)58-21-49-33-40(52-43(45)54-41(33)58)50-25-14-15-56(19-25)44-53-39(47-18-27(23-10-6-4-7-11-23)24-12-8-5-9-13-24)32-42(55-44)57(20-48-32)29-16-26(22(2)38(46)64)34(60)36(29)62/h4-13,20-22,25-30,34-37,60-63H,3,14-19H2,1-2H3,(H2,46,64)(H,51,59)(H,47,53,55)(H,50,52,54)/t22?,25?,26-,28-,29+,30+,34+,35+,36-,37-/m0/s1. The van der Waals surface area contributed by atoms with Gasteiger partial charge in [0.15, 0.2) is 34.0 Å². The smallest absolute Gasteiger partial charge is 0.229 e. The van der Waals surface area contributed by atoms with Gasteiger partial charge in [0.2, 0.25) is 23.0 Å². The van der Waals surface area contributed by atoms with Crippen molar-refractivity contribution >= 4 is 63.3 Å². The molecule has 1 saturated heterocycles. The van der Waals surface area contributed by atoms with Crippen LogP contribution < -0.4 is 26.6 Å². The van der Waals surface area contributed by atoms with Crippen LogP contribution in [0.15, 0.2) is 73.3 Å². The van der Waals surface area contributed by atoms with Gasteiger partial charge in [-0.05, 0) is 42.0 Å². The number of hydrogen-bond acceptors (Lipinski definition) is 15. The molecule has 64 heavy (non-hydrogen) atoms. The van der Waals surface area contributed by atoms with Crippen molar-refractivity contribution in [2.75, 3.05) is 35.2 Å². The Balaban J connectivity index is 1.01. The van der Waals surface area contributed by atoms with E-state index in [-0.39, 0.29) is 42.4 Å². The molecule has 9 N–H and O–H groups in total. The van der Waals surface area contributed by atoms with Gasteiger partial charge >= 0.3 is 0 Å². The molecule has 336 valence electrons. The van der Waals surface area contributed by atoms with Gasteiger partial charge in [-0.15, -0.1) is 0 Å². The van der Waals surface area contributed by atoms with Crippen LogP contribution in [0.4, 0.5) is 17.6 Å².